The average Bonchev–Trinajstić information content (AvgIpc) is 2.63. The maximum absolute atomic E-state index is 11.8. The van der Waals surface area contributed by atoms with E-state index in [1.807, 2.05) is 24.3 Å². The summed E-state index contributed by atoms with van der Waals surface area (Å²) in [5, 5.41) is 3.13. The highest BCUT2D eigenvalue weighted by Gasteiger charge is 2.21. The Morgan fingerprint density at radius 3 is 2.62 bits per heavy atom. The molecule has 1 heterocycles. The highest BCUT2D eigenvalue weighted by molar-refractivity contribution is 6.45. The van der Waals surface area contributed by atoms with Crippen molar-refractivity contribution in [3.63, 3.8) is 0 Å². The number of hydrogen-bond donors (Lipinski definition) is 2. The van der Waals surface area contributed by atoms with Crippen LogP contribution in [0.4, 0.5) is 0 Å². The van der Waals surface area contributed by atoms with Crippen LogP contribution in [0, 0.1) is 6.92 Å². The van der Waals surface area contributed by atoms with E-state index in [2.05, 4.69) is 10.3 Å². The number of fused-ring (bicyclic) bond motifs is 1. The molecule has 2 aromatic rings. The first-order valence-electron chi connectivity index (χ1n) is 4.99. The van der Waals surface area contributed by atoms with Gasteiger partial charge >= 0.3 is 0 Å². The molecule has 0 saturated carbocycles. The van der Waals surface area contributed by atoms with Gasteiger partial charge in [0.25, 0.3) is 11.7 Å². The molecule has 82 valence electrons. The Bertz CT molecular complexity index is 569. The van der Waals surface area contributed by atoms with Crippen molar-refractivity contribution in [2.75, 3.05) is 7.05 Å². The van der Waals surface area contributed by atoms with Gasteiger partial charge in [-0.15, -0.1) is 0 Å². The van der Waals surface area contributed by atoms with Gasteiger partial charge in [-0.3, -0.25) is 9.59 Å². The minimum Gasteiger partial charge on any atom is -0.358 e. The predicted octanol–water partition coefficient (Wildman–Crippen LogP) is 1.41. The summed E-state index contributed by atoms with van der Waals surface area (Å²) in [5.74, 6) is -1.09. The van der Waals surface area contributed by atoms with E-state index < -0.39 is 11.7 Å². The molecule has 0 aliphatic carbocycles. The van der Waals surface area contributed by atoms with Gasteiger partial charge in [-0.2, -0.15) is 0 Å². The highest BCUT2D eigenvalue weighted by atomic mass is 16.2. The smallest absolute Gasteiger partial charge is 0.292 e. The van der Waals surface area contributed by atoms with E-state index in [0.29, 0.717) is 5.56 Å². The first-order chi connectivity index (χ1) is 7.65. The maximum Gasteiger partial charge on any atom is 0.292 e. The summed E-state index contributed by atoms with van der Waals surface area (Å²) in [6.45, 7) is 1.79. The monoisotopic (exact) mass is 216 g/mol. The van der Waals surface area contributed by atoms with Crippen LogP contribution in [-0.4, -0.2) is 23.7 Å². The van der Waals surface area contributed by atoms with Crippen LogP contribution in [-0.2, 0) is 4.79 Å². The molecule has 0 aliphatic heterocycles. The summed E-state index contributed by atoms with van der Waals surface area (Å²) >= 11 is 0. The third-order valence-electron chi connectivity index (χ3n) is 2.55. The summed E-state index contributed by atoms with van der Waals surface area (Å²) in [7, 11) is 1.45. The molecule has 0 unspecified atom stereocenters. The van der Waals surface area contributed by atoms with Crippen LogP contribution in [0.1, 0.15) is 16.1 Å². The van der Waals surface area contributed by atoms with Crippen LogP contribution in [0.25, 0.3) is 10.9 Å². The molecule has 0 fully saturated rings. The van der Waals surface area contributed by atoms with Crippen LogP contribution < -0.4 is 5.32 Å². The first-order valence-corrected chi connectivity index (χ1v) is 4.99. The molecule has 0 saturated heterocycles. The number of Topliss-reactive ketones (excluding diaryl/α,β-unsaturated/α-hetero) is 1. The molecule has 0 aliphatic rings. The number of nitrogens with one attached hydrogen (secondary N) is 2. The number of hydrogen-bond acceptors (Lipinski definition) is 2. The van der Waals surface area contributed by atoms with Gasteiger partial charge in [0.15, 0.2) is 0 Å². The normalized spacial score (nSPS) is 10.4. The molecule has 0 radical (unpaired) electrons. The van der Waals surface area contributed by atoms with Crippen molar-refractivity contribution >= 4 is 22.6 Å². The summed E-state index contributed by atoms with van der Waals surface area (Å²) in [6, 6.07) is 7.43. The fraction of sp³-hybridized carbons (Fsp3) is 0.167. The van der Waals surface area contributed by atoms with E-state index in [-0.39, 0.29) is 0 Å². The van der Waals surface area contributed by atoms with Crippen LogP contribution in [0.15, 0.2) is 24.3 Å². The lowest BCUT2D eigenvalue weighted by molar-refractivity contribution is -0.116. The lowest BCUT2D eigenvalue weighted by atomic mass is 10.1. The Morgan fingerprint density at radius 2 is 1.94 bits per heavy atom. The van der Waals surface area contributed by atoms with E-state index in [0.717, 1.165) is 16.6 Å². The van der Waals surface area contributed by atoms with Crippen molar-refractivity contribution in [1.29, 1.82) is 0 Å². The Balaban J connectivity index is 2.64. The van der Waals surface area contributed by atoms with Crippen molar-refractivity contribution in [2.24, 2.45) is 0 Å². The fourth-order valence-electron chi connectivity index (χ4n) is 1.80. The van der Waals surface area contributed by atoms with Crippen LogP contribution in [0.5, 0.6) is 0 Å². The number of H-pyrrole nitrogens is 1. The lowest BCUT2D eigenvalue weighted by Crippen LogP contribution is -2.27. The van der Waals surface area contributed by atoms with Crippen LogP contribution in [0.3, 0.4) is 0 Å². The Kier molecular flexibility index (Phi) is 2.48. The molecule has 4 heteroatoms. The summed E-state index contributed by atoms with van der Waals surface area (Å²) in [6.07, 6.45) is 0. The van der Waals surface area contributed by atoms with Crippen LogP contribution in [0.2, 0.25) is 0 Å². The van der Waals surface area contributed by atoms with E-state index in [1.54, 1.807) is 6.92 Å². The zero-order chi connectivity index (χ0) is 11.7. The van der Waals surface area contributed by atoms with Crippen molar-refractivity contribution in [1.82, 2.24) is 10.3 Å². The zero-order valence-electron chi connectivity index (χ0n) is 9.13. The standard InChI is InChI=1S/C12H12N2O2/c1-7-10(11(15)12(16)13-2)8-5-3-4-6-9(8)14-7/h3-6,14H,1-2H3,(H,13,16). The Hall–Kier alpha value is -2.10. The van der Waals surface area contributed by atoms with Gasteiger partial charge in [-0.25, -0.2) is 0 Å². The highest BCUT2D eigenvalue weighted by Crippen LogP contribution is 2.22. The van der Waals surface area contributed by atoms with Crippen molar-refractivity contribution in [2.45, 2.75) is 6.92 Å². The molecule has 0 bridgehead atoms. The van der Waals surface area contributed by atoms with Gasteiger partial charge in [0, 0.05) is 23.6 Å². The summed E-state index contributed by atoms with van der Waals surface area (Å²) in [4.78, 5) is 26.3. The van der Waals surface area contributed by atoms with Crippen molar-refractivity contribution in [3.8, 4) is 0 Å². The van der Waals surface area contributed by atoms with Gasteiger partial charge in [0.1, 0.15) is 0 Å². The second-order valence-corrected chi connectivity index (χ2v) is 3.58. The first kappa shape index (κ1) is 10.4. The predicted molar refractivity (Wildman–Crippen MR) is 61.4 cm³/mol. The molecule has 1 amide bonds. The van der Waals surface area contributed by atoms with E-state index >= 15 is 0 Å². The number of aryl methyl sites for hydroxylation is 1. The number of likely N-dealkylation sites (N-methyl/N-ethyl adjacent to an activating group) is 1. The minimum absolute atomic E-state index is 0.454. The Labute approximate surface area is 92.7 Å². The number of carbonyl (C=O) groups excluding carboxylic acids is 2. The quantitative estimate of drug-likeness (QED) is 0.589. The zero-order valence-corrected chi connectivity index (χ0v) is 9.13. The van der Waals surface area contributed by atoms with Gasteiger partial charge in [-0.1, -0.05) is 18.2 Å². The summed E-state index contributed by atoms with van der Waals surface area (Å²) in [5.41, 5.74) is 2.04. The average molecular weight is 216 g/mol. The third-order valence-corrected chi connectivity index (χ3v) is 2.55. The molecule has 2 N–H and O–H groups in total. The van der Waals surface area contributed by atoms with Gasteiger partial charge < -0.3 is 10.3 Å². The lowest BCUT2D eigenvalue weighted by Gasteiger charge is -1.99. The number of carbonyl (C=O) groups is 2. The fourth-order valence-corrected chi connectivity index (χ4v) is 1.80. The van der Waals surface area contributed by atoms with Crippen LogP contribution >= 0.6 is 0 Å². The molecular formula is C12H12N2O2. The largest absolute Gasteiger partial charge is 0.358 e. The van der Waals surface area contributed by atoms with Gasteiger partial charge in [-0.05, 0) is 13.0 Å². The number of benzene rings is 1. The molecule has 1 aromatic heterocycles. The maximum atomic E-state index is 11.8. The molecule has 16 heavy (non-hydrogen) atoms. The third kappa shape index (κ3) is 1.48. The minimum atomic E-state index is -0.590. The topological polar surface area (TPSA) is 62.0 Å². The molecule has 1 aromatic carbocycles. The van der Waals surface area contributed by atoms with Crippen molar-refractivity contribution in [3.05, 3.63) is 35.5 Å². The van der Waals surface area contributed by atoms with E-state index in [4.69, 9.17) is 0 Å². The number of ketones is 1. The number of aromatic amines is 1. The second-order valence-electron chi connectivity index (χ2n) is 3.58. The molecule has 4 nitrogen and oxygen atoms in total. The van der Waals surface area contributed by atoms with Crippen molar-refractivity contribution < 1.29 is 9.59 Å². The molecule has 0 spiro atoms. The summed E-state index contributed by atoms with van der Waals surface area (Å²) < 4.78 is 0. The molecule has 2 rings (SSSR count). The molecule has 0 atom stereocenters. The number of para-hydroxylation sites is 1. The van der Waals surface area contributed by atoms with Gasteiger partial charge in [0.2, 0.25) is 0 Å². The van der Waals surface area contributed by atoms with E-state index in [1.165, 1.54) is 7.05 Å². The van der Waals surface area contributed by atoms with E-state index in [9.17, 15) is 9.59 Å². The SMILES string of the molecule is CNC(=O)C(=O)c1c(C)[nH]c2ccccc12. The van der Waals surface area contributed by atoms with Gasteiger partial charge in [0.05, 0.1) is 5.56 Å². The molecular weight excluding hydrogens is 204 g/mol. The number of aromatic nitrogens is 1. The number of rotatable bonds is 2. The number of amides is 1. The Morgan fingerprint density at radius 1 is 1.25 bits per heavy atom. The second kappa shape index (κ2) is 3.81.